The number of carboxylic acid groups (broad SMARTS) is 1. The summed E-state index contributed by atoms with van der Waals surface area (Å²) in [7, 11) is 0. The maximum Gasteiger partial charge on any atom is 0.308 e. The van der Waals surface area contributed by atoms with Gasteiger partial charge in [-0.05, 0) is 73.4 Å². The highest BCUT2D eigenvalue weighted by molar-refractivity contribution is 5.84. The summed E-state index contributed by atoms with van der Waals surface area (Å²) in [6, 6.07) is 10.3. The van der Waals surface area contributed by atoms with Crippen molar-refractivity contribution in [2.75, 3.05) is 33.0 Å². The number of likely N-dealkylation sites (tertiary alicyclic amines) is 2. The number of ether oxygens (including phenoxy) is 2. The summed E-state index contributed by atoms with van der Waals surface area (Å²) in [5.74, 6) is -0.754. The molecule has 3 aliphatic rings. The molecule has 9 heteroatoms. The van der Waals surface area contributed by atoms with Crippen molar-refractivity contribution < 1.29 is 33.4 Å². The van der Waals surface area contributed by atoms with Gasteiger partial charge in [-0.3, -0.25) is 19.3 Å². The van der Waals surface area contributed by atoms with Crippen molar-refractivity contribution in [3.63, 3.8) is 0 Å². The largest absolute Gasteiger partial charge is 0.481 e. The molecule has 0 spiro atoms. The maximum atomic E-state index is 14.5. The predicted octanol–water partition coefficient (Wildman–Crippen LogP) is 7.01. The van der Waals surface area contributed by atoms with E-state index in [0.29, 0.717) is 55.5 Å². The molecule has 2 aromatic rings. The van der Waals surface area contributed by atoms with Crippen LogP contribution in [0.3, 0.4) is 0 Å². The molecule has 2 fully saturated rings. The minimum atomic E-state index is -0.907. The fourth-order valence-electron chi connectivity index (χ4n) is 8.26. The molecule has 0 radical (unpaired) electrons. The first kappa shape index (κ1) is 35.8. The second-order valence-electron chi connectivity index (χ2n) is 14.9. The number of amides is 1. The van der Waals surface area contributed by atoms with Crippen molar-refractivity contribution in [3.05, 3.63) is 58.9 Å². The van der Waals surface area contributed by atoms with Crippen molar-refractivity contribution in [2.24, 2.45) is 23.2 Å². The molecule has 4 atom stereocenters. The van der Waals surface area contributed by atoms with E-state index in [9.17, 15) is 23.9 Å². The summed E-state index contributed by atoms with van der Waals surface area (Å²) in [5, 5.41) is 10.7. The number of carboxylic acids is 1. The molecule has 8 nitrogen and oxygen atoms in total. The van der Waals surface area contributed by atoms with E-state index < -0.39 is 23.3 Å². The molecule has 1 unspecified atom stereocenters. The number of rotatable bonds is 16. The smallest absolute Gasteiger partial charge is 0.308 e. The van der Waals surface area contributed by atoms with Gasteiger partial charge >= 0.3 is 5.97 Å². The van der Waals surface area contributed by atoms with E-state index in [0.717, 1.165) is 49.7 Å². The third-order valence-electron chi connectivity index (χ3n) is 11.0. The Hall–Kier alpha value is -3.46. The summed E-state index contributed by atoms with van der Waals surface area (Å²) >= 11 is 0. The van der Waals surface area contributed by atoms with Crippen LogP contribution < -0.4 is 9.47 Å². The van der Waals surface area contributed by atoms with Crippen LogP contribution in [-0.2, 0) is 20.8 Å². The fraction of sp³-hybridized carbons (Fsp3) is 0.615. The number of aryl methyl sites for hydroxylation is 1. The molecule has 1 amide bonds. The lowest BCUT2D eigenvalue weighted by Gasteiger charge is -2.30. The number of carbonyl (C=O) groups is 3. The molecule has 3 aliphatic heterocycles. The zero-order valence-electron chi connectivity index (χ0n) is 29.3. The second kappa shape index (κ2) is 15.4. The molecule has 48 heavy (non-hydrogen) atoms. The number of aliphatic carboxylic acids is 1. The Bertz CT molecular complexity index is 1470. The van der Waals surface area contributed by atoms with Gasteiger partial charge in [0.25, 0.3) is 0 Å². The molecule has 2 aromatic carbocycles. The Morgan fingerprint density at radius 2 is 1.79 bits per heavy atom. The van der Waals surface area contributed by atoms with E-state index in [-0.39, 0.29) is 42.7 Å². The van der Waals surface area contributed by atoms with Gasteiger partial charge in [0.05, 0.1) is 12.5 Å². The lowest BCUT2D eigenvalue weighted by molar-refractivity contribution is -0.143. The summed E-state index contributed by atoms with van der Waals surface area (Å²) in [6.45, 7) is 11.8. The minimum Gasteiger partial charge on any atom is -0.481 e. The predicted molar refractivity (Wildman–Crippen MR) is 183 cm³/mol. The van der Waals surface area contributed by atoms with Gasteiger partial charge in [-0.1, -0.05) is 71.6 Å². The summed E-state index contributed by atoms with van der Waals surface area (Å²) < 4.78 is 25.3. The van der Waals surface area contributed by atoms with Crippen LogP contribution in [0.1, 0.15) is 95.2 Å². The standard InChI is InChI=1S/C39H53FN2O6/c1-6-8-26(9-7-2)19-29(20-27-10-12-31(40)25(3)18-27)33(43)23-42-22-30(28-11-13-34-35(21-28)48-24-47-34)36(37(44)45)32(42)14-16-41-17-15-39(4,5)38(41)46/h10-13,18,21,26,29-30,32,36H,6-9,14-17,19-20,22-24H2,1-5H3,(H,44,45)/t29?,30-,32+,36-/m1/s1. The fourth-order valence-corrected chi connectivity index (χ4v) is 8.26. The van der Waals surface area contributed by atoms with Crippen molar-refractivity contribution in [1.29, 1.82) is 0 Å². The number of ketones is 1. The van der Waals surface area contributed by atoms with Gasteiger partial charge in [-0.2, -0.15) is 0 Å². The molecule has 0 bridgehead atoms. The lowest BCUT2D eigenvalue weighted by atomic mass is 9.82. The van der Waals surface area contributed by atoms with Crippen molar-refractivity contribution in [1.82, 2.24) is 9.80 Å². The SMILES string of the molecule is CCCC(CCC)CC(Cc1ccc(F)c(C)c1)C(=O)CN1C[C@H](c2ccc3c(c2)OCO3)[C@@H](C(=O)O)[C@@H]1CCN1CCC(C)(C)C1=O. The van der Waals surface area contributed by atoms with Gasteiger partial charge in [-0.25, -0.2) is 4.39 Å². The van der Waals surface area contributed by atoms with E-state index in [2.05, 4.69) is 18.7 Å². The highest BCUT2D eigenvalue weighted by atomic mass is 19.1. The minimum absolute atomic E-state index is 0.0908. The number of hydrogen-bond acceptors (Lipinski definition) is 6. The van der Waals surface area contributed by atoms with Crippen LogP contribution in [0.5, 0.6) is 11.5 Å². The Morgan fingerprint density at radius 3 is 2.44 bits per heavy atom. The number of fused-ring (bicyclic) bond motifs is 1. The molecule has 0 saturated carbocycles. The molecular weight excluding hydrogens is 611 g/mol. The molecular formula is C39H53FN2O6. The third kappa shape index (κ3) is 8.04. The Morgan fingerprint density at radius 1 is 1.06 bits per heavy atom. The first-order chi connectivity index (χ1) is 22.9. The number of benzene rings is 2. The monoisotopic (exact) mass is 664 g/mol. The average molecular weight is 665 g/mol. The highest BCUT2D eigenvalue weighted by Crippen LogP contribution is 2.43. The first-order valence-electron chi connectivity index (χ1n) is 17.8. The number of hydrogen-bond donors (Lipinski definition) is 1. The van der Waals surface area contributed by atoms with Gasteiger partial charge in [0.2, 0.25) is 12.7 Å². The Labute approximate surface area is 285 Å². The van der Waals surface area contributed by atoms with Crippen molar-refractivity contribution in [3.8, 4) is 11.5 Å². The van der Waals surface area contributed by atoms with Crippen LogP contribution in [0.4, 0.5) is 4.39 Å². The summed E-state index contributed by atoms with van der Waals surface area (Å²) in [6.07, 6.45) is 6.66. The highest BCUT2D eigenvalue weighted by Gasteiger charge is 2.48. The second-order valence-corrected chi connectivity index (χ2v) is 14.9. The van der Waals surface area contributed by atoms with E-state index in [1.54, 1.807) is 13.0 Å². The van der Waals surface area contributed by atoms with E-state index in [1.807, 2.05) is 43.0 Å². The normalized spacial score (nSPS) is 22.5. The van der Waals surface area contributed by atoms with Crippen LogP contribution in [-0.4, -0.2) is 71.6 Å². The quantitative estimate of drug-likeness (QED) is 0.206. The van der Waals surface area contributed by atoms with Gasteiger partial charge in [-0.15, -0.1) is 0 Å². The van der Waals surface area contributed by atoms with Crippen molar-refractivity contribution >= 4 is 17.7 Å². The number of halogens is 1. The van der Waals surface area contributed by atoms with Crippen LogP contribution >= 0.6 is 0 Å². The first-order valence-corrected chi connectivity index (χ1v) is 17.8. The maximum absolute atomic E-state index is 14.5. The van der Waals surface area contributed by atoms with Crippen LogP contribution in [0.25, 0.3) is 0 Å². The summed E-state index contributed by atoms with van der Waals surface area (Å²) in [5.41, 5.74) is 1.92. The summed E-state index contributed by atoms with van der Waals surface area (Å²) in [4.78, 5) is 44.6. The van der Waals surface area contributed by atoms with Gasteiger partial charge in [0.15, 0.2) is 11.5 Å². The van der Waals surface area contributed by atoms with Crippen molar-refractivity contribution in [2.45, 2.75) is 97.9 Å². The number of carbonyl (C=O) groups excluding carboxylic acids is 2. The van der Waals surface area contributed by atoms with Crippen LogP contribution in [0.2, 0.25) is 0 Å². The van der Waals surface area contributed by atoms with Crippen LogP contribution in [0, 0.1) is 35.9 Å². The molecule has 1 N–H and O–H groups in total. The zero-order valence-corrected chi connectivity index (χ0v) is 29.3. The van der Waals surface area contributed by atoms with Gasteiger partial charge in [0, 0.05) is 42.9 Å². The molecule has 0 aliphatic carbocycles. The average Bonchev–Trinajstić information content (AvgIpc) is 3.73. The molecule has 3 heterocycles. The number of Topliss-reactive ketones (excluding diaryl/α,β-unsaturated/α-hetero) is 1. The third-order valence-corrected chi connectivity index (χ3v) is 11.0. The molecule has 5 rings (SSSR count). The molecule has 2 saturated heterocycles. The molecule has 262 valence electrons. The van der Waals surface area contributed by atoms with E-state index >= 15 is 0 Å². The van der Waals surface area contributed by atoms with Gasteiger partial charge < -0.3 is 19.5 Å². The van der Waals surface area contributed by atoms with Crippen LogP contribution in [0.15, 0.2) is 36.4 Å². The topological polar surface area (TPSA) is 96.4 Å². The number of nitrogens with zero attached hydrogens (tertiary/aromatic N) is 2. The van der Waals surface area contributed by atoms with Gasteiger partial charge in [0.1, 0.15) is 11.6 Å². The zero-order chi connectivity index (χ0) is 34.6. The lowest BCUT2D eigenvalue weighted by Crippen LogP contribution is -2.43. The van der Waals surface area contributed by atoms with E-state index in [1.165, 1.54) is 6.07 Å². The Kier molecular flexibility index (Phi) is 11.5. The van der Waals surface area contributed by atoms with E-state index in [4.69, 9.17) is 9.47 Å². The Balaban J connectivity index is 1.43. The molecule has 0 aromatic heterocycles.